The fourth-order valence-electron chi connectivity index (χ4n) is 2.15. The van der Waals surface area contributed by atoms with Crippen molar-refractivity contribution in [3.63, 3.8) is 0 Å². The Bertz CT molecular complexity index is 605. The van der Waals surface area contributed by atoms with E-state index >= 15 is 0 Å². The highest BCUT2D eigenvalue weighted by Crippen LogP contribution is 2.32. The first-order chi connectivity index (χ1) is 8.65. The molecule has 92 valence electrons. The Labute approximate surface area is 102 Å². The van der Waals surface area contributed by atoms with Crippen LogP contribution in [-0.4, -0.2) is 16.1 Å². The topological polar surface area (TPSA) is 83.8 Å². The second-order valence-corrected chi connectivity index (χ2v) is 4.26. The summed E-state index contributed by atoms with van der Waals surface area (Å²) in [5, 5.41) is 9.23. The van der Waals surface area contributed by atoms with Crippen LogP contribution in [0.15, 0.2) is 24.3 Å². The molecule has 0 aliphatic carbocycles. The molecule has 1 atom stereocenters. The van der Waals surface area contributed by atoms with Crippen LogP contribution in [0.1, 0.15) is 17.0 Å². The Kier molecular flexibility index (Phi) is 2.29. The SMILES string of the molecule is Nc1[nH]nc2c1CC(c1ccc(F)cc1)C(=O)N2. The van der Waals surface area contributed by atoms with Gasteiger partial charge in [0, 0.05) is 5.56 Å². The molecular formula is C12H11FN4O. The van der Waals surface area contributed by atoms with Gasteiger partial charge in [0.1, 0.15) is 11.6 Å². The number of H-pyrrole nitrogens is 1. The molecule has 3 rings (SSSR count). The van der Waals surface area contributed by atoms with Gasteiger partial charge in [0.05, 0.1) is 5.92 Å². The average molecular weight is 246 g/mol. The molecule has 6 heteroatoms. The third kappa shape index (κ3) is 1.62. The number of hydrogen-bond acceptors (Lipinski definition) is 3. The van der Waals surface area contributed by atoms with Gasteiger partial charge >= 0.3 is 0 Å². The number of halogens is 1. The lowest BCUT2D eigenvalue weighted by molar-refractivity contribution is -0.117. The van der Waals surface area contributed by atoms with Gasteiger partial charge in [-0.25, -0.2) is 4.39 Å². The van der Waals surface area contributed by atoms with Crippen LogP contribution in [-0.2, 0) is 11.2 Å². The maximum atomic E-state index is 12.9. The van der Waals surface area contributed by atoms with E-state index in [-0.39, 0.29) is 17.6 Å². The van der Waals surface area contributed by atoms with Crippen molar-refractivity contribution in [1.82, 2.24) is 10.2 Å². The molecular weight excluding hydrogens is 235 g/mol. The molecule has 0 radical (unpaired) electrons. The molecule has 0 saturated heterocycles. The maximum Gasteiger partial charge on any atom is 0.233 e. The summed E-state index contributed by atoms with van der Waals surface area (Å²) in [5.41, 5.74) is 7.30. The highest BCUT2D eigenvalue weighted by Gasteiger charge is 2.30. The van der Waals surface area contributed by atoms with Crippen molar-refractivity contribution in [1.29, 1.82) is 0 Å². The van der Waals surface area contributed by atoms with E-state index < -0.39 is 0 Å². The molecule has 0 spiro atoms. The number of aromatic nitrogens is 2. The minimum atomic E-state index is -0.363. The summed E-state index contributed by atoms with van der Waals surface area (Å²) in [6.07, 6.45) is 0.467. The number of aromatic amines is 1. The van der Waals surface area contributed by atoms with E-state index in [1.165, 1.54) is 12.1 Å². The lowest BCUT2D eigenvalue weighted by Gasteiger charge is -2.21. The molecule has 18 heavy (non-hydrogen) atoms. The molecule has 0 fully saturated rings. The monoisotopic (exact) mass is 246 g/mol. The predicted molar refractivity (Wildman–Crippen MR) is 64.5 cm³/mol. The second-order valence-electron chi connectivity index (χ2n) is 4.26. The van der Waals surface area contributed by atoms with Crippen molar-refractivity contribution in [2.24, 2.45) is 0 Å². The van der Waals surface area contributed by atoms with Crippen molar-refractivity contribution in [2.75, 3.05) is 11.1 Å². The van der Waals surface area contributed by atoms with Crippen LogP contribution >= 0.6 is 0 Å². The predicted octanol–water partition coefficient (Wildman–Crippen LogP) is 1.41. The molecule has 2 heterocycles. The third-order valence-corrected chi connectivity index (χ3v) is 3.14. The van der Waals surface area contributed by atoms with Crippen molar-refractivity contribution < 1.29 is 9.18 Å². The Balaban J connectivity index is 1.97. The molecule has 1 aliphatic rings. The zero-order valence-corrected chi connectivity index (χ0v) is 9.40. The molecule has 0 bridgehead atoms. The van der Waals surface area contributed by atoms with Crippen LogP contribution in [0.4, 0.5) is 16.0 Å². The minimum Gasteiger partial charge on any atom is -0.384 e. The van der Waals surface area contributed by atoms with Crippen LogP contribution in [0.5, 0.6) is 0 Å². The van der Waals surface area contributed by atoms with E-state index in [0.29, 0.717) is 18.1 Å². The van der Waals surface area contributed by atoms with E-state index in [1.54, 1.807) is 12.1 Å². The van der Waals surface area contributed by atoms with Gasteiger partial charge in [0.25, 0.3) is 0 Å². The Morgan fingerprint density at radius 2 is 2.06 bits per heavy atom. The first-order valence-corrected chi connectivity index (χ1v) is 5.54. The summed E-state index contributed by atoms with van der Waals surface area (Å²) in [5.74, 6) is 0.102. The number of amides is 1. The molecule has 4 N–H and O–H groups in total. The third-order valence-electron chi connectivity index (χ3n) is 3.14. The van der Waals surface area contributed by atoms with Gasteiger partial charge in [-0.1, -0.05) is 12.1 Å². The lowest BCUT2D eigenvalue weighted by atomic mass is 9.89. The van der Waals surface area contributed by atoms with Crippen LogP contribution < -0.4 is 11.1 Å². The van der Waals surface area contributed by atoms with E-state index in [0.717, 1.165) is 11.1 Å². The quantitative estimate of drug-likeness (QED) is 0.711. The number of nitrogens with one attached hydrogen (secondary N) is 2. The zero-order chi connectivity index (χ0) is 12.7. The number of anilines is 2. The van der Waals surface area contributed by atoms with Gasteiger partial charge in [-0.2, -0.15) is 5.10 Å². The number of nitrogen functional groups attached to an aromatic ring is 1. The summed E-state index contributed by atoms with van der Waals surface area (Å²) in [6, 6.07) is 5.91. The maximum absolute atomic E-state index is 12.9. The van der Waals surface area contributed by atoms with E-state index in [2.05, 4.69) is 15.5 Å². The normalized spacial score (nSPS) is 18.3. The van der Waals surface area contributed by atoms with Gasteiger partial charge in [0.2, 0.25) is 5.91 Å². The Hall–Kier alpha value is -2.37. The Morgan fingerprint density at radius 3 is 2.78 bits per heavy atom. The van der Waals surface area contributed by atoms with Gasteiger partial charge in [-0.15, -0.1) is 0 Å². The van der Waals surface area contributed by atoms with E-state index in [1.807, 2.05) is 0 Å². The van der Waals surface area contributed by atoms with Crippen molar-refractivity contribution in [2.45, 2.75) is 12.3 Å². The largest absolute Gasteiger partial charge is 0.384 e. The van der Waals surface area contributed by atoms with Gasteiger partial charge in [0.15, 0.2) is 5.82 Å². The Morgan fingerprint density at radius 1 is 1.33 bits per heavy atom. The summed E-state index contributed by atoms with van der Waals surface area (Å²) >= 11 is 0. The number of fused-ring (bicyclic) bond motifs is 1. The smallest absolute Gasteiger partial charge is 0.233 e. The molecule has 2 aromatic rings. The van der Waals surface area contributed by atoms with Crippen LogP contribution in [0.3, 0.4) is 0 Å². The van der Waals surface area contributed by atoms with Crippen LogP contribution in [0.25, 0.3) is 0 Å². The number of rotatable bonds is 1. The summed E-state index contributed by atoms with van der Waals surface area (Å²) in [7, 11) is 0. The number of hydrogen-bond donors (Lipinski definition) is 3. The minimum absolute atomic E-state index is 0.152. The number of benzene rings is 1. The average Bonchev–Trinajstić information content (AvgIpc) is 2.71. The standard InChI is InChI=1S/C12H11FN4O/c13-7-3-1-6(2-4-7)8-5-9-10(14)16-17-11(9)15-12(8)18/h1-4,8H,5H2,(H4,14,15,16,17,18). The molecule has 1 aromatic carbocycles. The number of carbonyl (C=O) groups excluding carboxylic acids is 1. The first-order valence-electron chi connectivity index (χ1n) is 5.54. The van der Waals surface area contributed by atoms with E-state index in [9.17, 15) is 9.18 Å². The summed E-state index contributed by atoms with van der Waals surface area (Å²) in [4.78, 5) is 12.0. The number of nitrogens with two attached hydrogens (primary N) is 1. The van der Waals surface area contributed by atoms with Crippen LogP contribution in [0, 0.1) is 5.82 Å². The molecule has 5 nitrogen and oxygen atoms in total. The lowest BCUT2D eigenvalue weighted by Crippen LogP contribution is -2.28. The molecule has 1 amide bonds. The first kappa shape index (κ1) is 10.8. The van der Waals surface area contributed by atoms with E-state index in [4.69, 9.17) is 5.73 Å². The molecule has 1 aliphatic heterocycles. The zero-order valence-electron chi connectivity index (χ0n) is 9.40. The highest BCUT2D eigenvalue weighted by atomic mass is 19.1. The van der Waals surface area contributed by atoms with Gasteiger partial charge in [-0.3, -0.25) is 9.89 Å². The van der Waals surface area contributed by atoms with Gasteiger partial charge in [-0.05, 0) is 24.1 Å². The highest BCUT2D eigenvalue weighted by molar-refractivity contribution is 5.98. The van der Waals surface area contributed by atoms with Gasteiger partial charge < -0.3 is 11.1 Å². The number of carbonyl (C=O) groups is 1. The summed E-state index contributed by atoms with van der Waals surface area (Å²) in [6.45, 7) is 0. The van der Waals surface area contributed by atoms with Crippen molar-refractivity contribution in [3.8, 4) is 0 Å². The fourth-order valence-corrected chi connectivity index (χ4v) is 2.15. The molecule has 1 aromatic heterocycles. The van der Waals surface area contributed by atoms with Crippen LogP contribution in [0.2, 0.25) is 0 Å². The van der Waals surface area contributed by atoms with Crippen molar-refractivity contribution >= 4 is 17.5 Å². The number of nitrogens with zero attached hydrogens (tertiary/aromatic N) is 1. The molecule has 0 saturated carbocycles. The van der Waals surface area contributed by atoms with Crippen molar-refractivity contribution in [3.05, 3.63) is 41.2 Å². The summed E-state index contributed by atoms with van der Waals surface area (Å²) < 4.78 is 12.9. The fraction of sp³-hybridized carbons (Fsp3) is 0.167. The second kappa shape index (κ2) is 3.83. The molecule has 1 unspecified atom stereocenters.